The quantitative estimate of drug-likeness (QED) is 0.767. The summed E-state index contributed by atoms with van der Waals surface area (Å²) in [5, 5.41) is 12.0. The van der Waals surface area contributed by atoms with E-state index in [0.717, 1.165) is 18.6 Å². The van der Waals surface area contributed by atoms with Crippen LogP contribution in [0.3, 0.4) is 0 Å². The van der Waals surface area contributed by atoms with Gasteiger partial charge in [0.15, 0.2) is 0 Å². The lowest BCUT2D eigenvalue weighted by molar-refractivity contribution is 0.289. The van der Waals surface area contributed by atoms with E-state index in [2.05, 4.69) is 11.4 Å². The highest BCUT2D eigenvalue weighted by molar-refractivity contribution is 5.27. The number of ether oxygens (including phenoxy) is 1. The number of nitrogens with one attached hydrogen (secondary N) is 1. The van der Waals surface area contributed by atoms with Gasteiger partial charge in [-0.2, -0.15) is 5.26 Å². The van der Waals surface area contributed by atoms with E-state index < -0.39 is 5.54 Å². The van der Waals surface area contributed by atoms with Gasteiger partial charge in [-0.1, -0.05) is 12.1 Å². The van der Waals surface area contributed by atoms with Crippen molar-refractivity contribution in [1.82, 2.24) is 5.32 Å². The van der Waals surface area contributed by atoms with Crippen molar-refractivity contribution in [2.24, 2.45) is 0 Å². The first-order chi connectivity index (χ1) is 8.09. The smallest absolute Gasteiger partial charge is 0.119 e. The number of benzene rings is 1. The van der Waals surface area contributed by atoms with E-state index in [4.69, 9.17) is 10.00 Å². The Morgan fingerprint density at radius 3 is 2.82 bits per heavy atom. The van der Waals surface area contributed by atoms with Crippen LogP contribution < -0.4 is 10.1 Å². The third-order valence-electron chi connectivity index (χ3n) is 2.88. The number of aryl methyl sites for hydroxylation is 1. The zero-order valence-corrected chi connectivity index (χ0v) is 10.8. The van der Waals surface area contributed by atoms with E-state index in [0.29, 0.717) is 6.61 Å². The van der Waals surface area contributed by atoms with Crippen molar-refractivity contribution >= 4 is 0 Å². The molecule has 1 rings (SSSR count). The highest BCUT2D eigenvalue weighted by Crippen LogP contribution is 2.14. The van der Waals surface area contributed by atoms with Crippen LogP contribution in [0, 0.1) is 18.3 Å². The molecule has 0 amide bonds. The predicted octanol–water partition coefficient (Wildman–Crippen LogP) is 2.66. The number of hydrogen-bond donors (Lipinski definition) is 1. The standard InChI is InChI=1S/C14H20N2O/c1-12-6-4-7-13(10-12)17-9-5-8-14(2,11-15)16-3/h4,6-7,10,16H,5,8-9H2,1-3H3. The molecule has 0 aliphatic rings. The number of nitriles is 1. The average Bonchev–Trinajstić information content (AvgIpc) is 2.34. The summed E-state index contributed by atoms with van der Waals surface area (Å²) < 4.78 is 5.63. The van der Waals surface area contributed by atoms with Gasteiger partial charge in [-0.15, -0.1) is 0 Å². The molecular weight excluding hydrogens is 212 g/mol. The van der Waals surface area contributed by atoms with Crippen molar-refractivity contribution in [2.45, 2.75) is 32.2 Å². The van der Waals surface area contributed by atoms with Crippen LogP contribution in [0.1, 0.15) is 25.3 Å². The van der Waals surface area contributed by atoms with Crippen molar-refractivity contribution in [1.29, 1.82) is 5.26 Å². The Balaban J connectivity index is 2.32. The Kier molecular flexibility index (Phi) is 4.99. The predicted molar refractivity (Wildman–Crippen MR) is 69.0 cm³/mol. The molecule has 0 fully saturated rings. The molecule has 1 N–H and O–H groups in total. The van der Waals surface area contributed by atoms with Crippen molar-refractivity contribution in [2.75, 3.05) is 13.7 Å². The van der Waals surface area contributed by atoms with Gasteiger partial charge in [-0.05, 0) is 51.4 Å². The van der Waals surface area contributed by atoms with Gasteiger partial charge in [0, 0.05) is 0 Å². The van der Waals surface area contributed by atoms with Gasteiger partial charge >= 0.3 is 0 Å². The molecule has 0 heterocycles. The maximum Gasteiger partial charge on any atom is 0.119 e. The van der Waals surface area contributed by atoms with E-state index in [9.17, 15) is 0 Å². The highest BCUT2D eigenvalue weighted by atomic mass is 16.5. The molecule has 1 aromatic rings. The second kappa shape index (κ2) is 6.27. The summed E-state index contributed by atoms with van der Waals surface area (Å²) in [6.07, 6.45) is 1.64. The fourth-order valence-corrected chi connectivity index (χ4v) is 1.56. The summed E-state index contributed by atoms with van der Waals surface area (Å²) in [6, 6.07) is 10.3. The Bertz CT molecular complexity index is 397. The number of hydrogen-bond acceptors (Lipinski definition) is 3. The van der Waals surface area contributed by atoms with Crippen LogP contribution in [0.25, 0.3) is 0 Å². The second-order valence-corrected chi connectivity index (χ2v) is 4.46. The molecule has 1 aromatic carbocycles. The third kappa shape index (κ3) is 4.46. The molecule has 0 bridgehead atoms. The van der Waals surface area contributed by atoms with Crippen LogP contribution in [0.2, 0.25) is 0 Å². The third-order valence-corrected chi connectivity index (χ3v) is 2.88. The van der Waals surface area contributed by atoms with Crippen molar-refractivity contribution in [3.8, 4) is 11.8 Å². The summed E-state index contributed by atoms with van der Waals surface area (Å²) in [5.41, 5.74) is 0.746. The van der Waals surface area contributed by atoms with Crippen LogP contribution in [0.4, 0.5) is 0 Å². The lowest BCUT2D eigenvalue weighted by atomic mass is 9.98. The van der Waals surface area contributed by atoms with Gasteiger partial charge in [0.2, 0.25) is 0 Å². The molecule has 92 valence electrons. The maximum absolute atomic E-state index is 8.98. The summed E-state index contributed by atoms with van der Waals surface area (Å²) in [4.78, 5) is 0. The van der Waals surface area contributed by atoms with E-state index in [1.54, 1.807) is 0 Å². The summed E-state index contributed by atoms with van der Waals surface area (Å²) in [6.45, 7) is 4.59. The molecule has 17 heavy (non-hydrogen) atoms. The average molecular weight is 232 g/mol. The molecule has 3 nitrogen and oxygen atoms in total. The summed E-state index contributed by atoms with van der Waals surface area (Å²) >= 11 is 0. The van der Waals surface area contributed by atoms with Crippen molar-refractivity contribution < 1.29 is 4.74 Å². The molecule has 3 heteroatoms. The molecule has 0 aliphatic carbocycles. The monoisotopic (exact) mass is 232 g/mol. The molecule has 0 aromatic heterocycles. The van der Waals surface area contributed by atoms with Gasteiger partial charge in [0.25, 0.3) is 0 Å². The van der Waals surface area contributed by atoms with E-state index in [1.807, 2.05) is 45.2 Å². The van der Waals surface area contributed by atoms with Crippen LogP contribution in [-0.2, 0) is 0 Å². The fourth-order valence-electron chi connectivity index (χ4n) is 1.56. The molecule has 0 spiro atoms. The van der Waals surface area contributed by atoms with Crippen molar-refractivity contribution in [3.63, 3.8) is 0 Å². The topological polar surface area (TPSA) is 45.0 Å². The minimum absolute atomic E-state index is 0.448. The summed E-state index contributed by atoms with van der Waals surface area (Å²) in [5.74, 6) is 0.896. The first-order valence-electron chi connectivity index (χ1n) is 5.89. The number of nitrogens with zero attached hydrogens (tertiary/aromatic N) is 1. The van der Waals surface area contributed by atoms with E-state index in [-0.39, 0.29) is 0 Å². The van der Waals surface area contributed by atoms with Crippen molar-refractivity contribution in [3.05, 3.63) is 29.8 Å². The van der Waals surface area contributed by atoms with E-state index in [1.165, 1.54) is 5.56 Å². The van der Waals surface area contributed by atoms with Crippen LogP contribution >= 0.6 is 0 Å². The minimum atomic E-state index is -0.448. The molecule has 0 radical (unpaired) electrons. The van der Waals surface area contributed by atoms with Gasteiger partial charge < -0.3 is 10.1 Å². The van der Waals surface area contributed by atoms with Crippen LogP contribution in [-0.4, -0.2) is 19.2 Å². The number of rotatable bonds is 6. The van der Waals surface area contributed by atoms with Gasteiger partial charge in [-0.25, -0.2) is 0 Å². The lowest BCUT2D eigenvalue weighted by Gasteiger charge is -2.20. The van der Waals surface area contributed by atoms with Gasteiger partial charge in [0.1, 0.15) is 11.3 Å². The molecule has 0 saturated carbocycles. The van der Waals surface area contributed by atoms with E-state index >= 15 is 0 Å². The molecular formula is C14H20N2O. The lowest BCUT2D eigenvalue weighted by Crippen LogP contribution is -2.38. The zero-order chi connectivity index (χ0) is 12.7. The Morgan fingerprint density at radius 1 is 1.47 bits per heavy atom. The Hall–Kier alpha value is -1.53. The summed E-state index contributed by atoms with van der Waals surface area (Å²) in [7, 11) is 1.81. The van der Waals surface area contributed by atoms with Crippen LogP contribution in [0.5, 0.6) is 5.75 Å². The largest absolute Gasteiger partial charge is 0.494 e. The fraction of sp³-hybridized carbons (Fsp3) is 0.500. The molecule has 1 atom stereocenters. The Morgan fingerprint density at radius 2 is 2.24 bits per heavy atom. The SMILES string of the molecule is CNC(C)(C#N)CCCOc1cccc(C)c1. The minimum Gasteiger partial charge on any atom is -0.494 e. The highest BCUT2D eigenvalue weighted by Gasteiger charge is 2.19. The second-order valence-electron chi connectivity index (χ2n) is 4.46. The van der Waals surface area contributed by atoms with Gasteiger partial charge in [-0.3, -0.25) is 0 Å². The van der Waals surface area contributed by atoms with Crippen LogP contribution in [0.15, 0.2) is 24.3 Å². The molecule has 0 aliphatic heterocycles. The van der Waals surface area contributed by atoms with Gasteiger partial charge in [0.05, 0.1) is 12.7 Å². The molecule has 1 unspecified atom stereocenters. The normalized spacial score (nSPS) is 13.8. The zero-order valence-electron chi connectivity index (χ0n) is 10.8. The first kappa shape index (κ1) is 13.5. The first-order valence-corrected chi connectivity index (χ1v) is 5.89. The maximum atomic E-state index is 8.98. The molecule has 0 saturated heterocycles. The Labute approximate surface area is 103 Å².